The second kappa shape index (κ2) is 6.76. The molecule has 0 aliphatic carbocycles. The van der Waals surface area contributed by atoms with Crippen LogP contribution in [0.4, 0.5) is 0 Å². The number of hydrogen-bond donors (Lipinski definition) is 1. The van der Waals surface area contributed by atoms with Crippen LogP contribution in [-0.4, -0.2) is 46.5 Å². The van der Waals surface area contributed by atoms with Crippen LogP contribution in [0.25, 0.3) is 0 Å². The van der Waals surface area contributed by atoms with Gasteiger partial charge >= 0.3 is 0 Å². The van der Waals surface area contributed by atoms with Crippen molar-refractivity contribution in [2.75, 3.05) is 19.6 Å². The Morgan fingerprint density at radius 2 is 1.96 bits per heavy atom. The summed E-state index contributed by atoms with van der Waals surface area (Å²) >= 11 is 0. The topological polar surface area (TPSA) is 88.3 Å². The summed E-state index contributed by atoms with van der Waals surface area (Å²) in [5.74, 6) is 1.16. The maximum Gasteiger partial charge on any atom is 0.261 e. The minimum absolute atomic E-state index is 0.220. The highest BCUT2D eigenvalue weighted by molar-refractivity contribution is 6.21. The smallest absolute Gasteiger partial charge is 0.261 e. The Kier molecular flexibility index (Phi) is 4.31. The number of benzene rings is 1. The first-order chi connectivity index (χ1) is 12.2. The molecule has 1 N–H and O–H groups in total. The Morgan fingerprint density at radius 1 is 1.20 bits per heavy atom. The molecule has 1 saturated heterocycles. The molecule has 25 heavy (non-hydrogen) atoms. The minimum atomic E-state index is -0.220. The molecule has 0 bridgehead atoms. The molecule has 1 aromatic carbocycles. The highest BCUT2D eigenvalue weighted by Gasteiger charge is 2.34. The molecule has 2 aliphatic heterocycles. The van der Waals surface area contributed by atoms with Gasteiger partial charge in [0.2, 0.25) is 5.89 Å². The third-order valence-corrected chi connectivity index (χ3v) is 4.79. The SMILES string of the molecule is O=C1c2ccccc2C(=O)N1CCCc1noc(C2CCCNC2)n1. The van der Waals surface area contributed by atoms with E-state index in [0.717, 1.165) is 25.9 Å². The molecular formula is C18H20N4O3. The first-order valence-corrected chi connectivity index (χ1v) is 8.72. The first-order valence-electron chi connectivity index (χ1n) is 8.72. The maximum absolute atomic E-state index is 12.3. The van der Waals surface area contributed by atoms with Crippen molar-refractivity contribution in [3.8, 4) is 0 Å². The Bertz CT molecular complexity index is 760. The zero-order chi connectivity index (χ0) is 17.2. The fourth-order valence-corrected chi connectivity index (χ4v) is 3.43. The highest BCUT2D eigenvalue weighted by atomic mass is 16.5. The van der Waals surface area contributed by atoms with Gasteiger partial charge in [0.25, 0.3) is 11.8 Å². The summed E-state index contributed by atoms with van der Waals surface area (Å²) in [4.78, 5) is 30.4. The van der Waals surface area contributed by atoms with E-state index in [1.807, 2.05) is 0 Å². The number of aryl methyl sites for hydroxylation is 1. The molecule has 1 aromatic heterocycles. The summed E-state index contributed by atoms with van der Waals surface area (Å²) in [5, 5.41) is 7.36. The predicted molar refractivity (Wildman–Crippen MR) is 89.3 cm³/mol. The quantitative estimate of drug-likeness (QED) is 0.835. The number of imide groups is 1. The number of amides is 2. The van der Waals surface area contributed by atoms with Crippen molar-refractivity contribution >= 4 is 11.8 Å². The number of nitrogens with zero attached hydrogens (tertiary/aromatic N) is 3. The van der Waals surface area contributed by atoms with Crippen LogP contribution in [0.2, 0.25) is 0 Å². The van der Waals surface area contributed by atoms with Gasteiger partial charge in [0.1, 0.15) is 0 Å². The standard InChI is InChI=1S/C18H20N4O3/c23-17-13-6-1-2-7-14(13)18(24)22(17)10-4-8-15-20-16(25-21-15)12-5-3-9-19-11-12/h1-2,6-7,12,19H,3-5,8-11H2. The van der Waals surface area contributed by atoms with Crippen LogP contribution in [0.1, 0.15) is 57.6 Å². The average molecular weight is 340 g/mol. The Morgan fingerprint density at radius 3 is 2.64 bits per heavy atom. The average Bonchev–Trinajstić information content (AvgIpc) is 3.22. The number of fused-ring (bicyclic) bond motifs is 1. The number of carbonyl (C=O) groups excluding carboxylic acids is 2. The Balaban J connectivity index is 1.33. The molecule has 1 unspecified atom stereocenters. The van der Waals surface area contributed by atoms with E-state index in [-0.39, 0.29) is 17.7 Å². The van der Waals surface area contributed by atoms with Crippen LogP contribution in [-0.2, 0) is 6.42 Å². The van der Waals surface area contributed by atoms with Crippen molar-refractivity contribution in [1.29, 1.82) is 0 Å². The lowest BCUT2D eigenvalue weighted by Crippen LogP contribution is -2.31. The van der Waals surface area contributed by atoms with E-state index >= 15 is 0 Å². The van der Waals surface area contributed by atoms with E-state index in [4.69, 9.17) is 4.52 Å². The molecule has 0 saturated carbocycles. The highest BCUT2D eigenvalue weighted by Crippen LogP contribution is 2.23. The maximum atomic E-state index is 12.3. The van der Waals surface area contributed by atoms with Gasteiger partial charge in [-0.25, -0.2) is 0 Å². The predicted octanol–water partition coefficient (Wildman–Crippen LogP) is 1.77. The molecule has 7 heteroatoms. The molecule has 130 valence electrons. The fourth-order valence-electron chi connectivity index (χ4n) is 3.43. The molecule has 1 atom stereocenters. The van der Waals surface area contributed by atoms with Crippen molar-refractivity contribution in [1.82, 2.24) is 20.4 Å². The summed E-state index contributed by atoms with van der Waals surface area (Å²) < 4.78 is 5.37. The van der Waals surface area contributed by atoms with Gasteiger partial charge in [-0.05, 0) is 37.9 Å². The second-order valence-corrected chi connectivity index (χ2v) is 6.50. The monoisotopic (exact) mass is 340 g/mol. The van der Waals surface area contributed by atoms with Crippen molar-refractivity contribution < 1.29 is 14.1 Å². The van der Waals surface area contributed by atoms with Crippen LogP contribution in [0, 0.1) is 0 Å². The van der Waals surface area contributed by atoms with E-state index in [9.17, 15) is 9.59 Å². The van der Waals surface area contributed by atoms with Gasteiger partial charge in [0.15, 0.2) is 5.82 Å². The zero-order valence-corrected chi connectivity index (χ0v) is 13.9. The number of piperidine rings is 1. The number of aromatic nitrogens is 2. The van der Waals surface area contributed by atoms with E-state index < -0.39 is 0 Å². The van der Waals surface area contributed by atoms with Crippen molar-refractivity contribution in [2.45, 2.75) is 31.6 Å². The Hall–Kier alpha value is -2.54. The molecular weight excluding hydrogens is 320 g/mol. The molecule has 4 rings (SSSR count). The van der Waals surface area contributed by atoms with Crippen molar-refractivity contribution in [3.05, 3.63) is 47.1 Å². The lowest BCUT2D eigenvalue weighted by atomic mass is 10.00. The van der Waals surface area contributed by atoms with Crippen LogP contribution in [0.5, 0.6) is 0 Å². The lowest BCUT2D eigenvalue weighted by molar-refractivity contribution is 0.0652. The van der Waals surface area contributed by atoms with Crippen LogP contribution < -0.4 is 5.32 Å². The number of hydrogen-bond acceptors (Lipinski definition) is 6. The molecule has 0 spiro atoms. The van der Waals surface area contributed by atoms with E-state index in [1.165, 1.54) is 4.90 Å². The number of nitrogens with one attached hydrogen (secondary N) is 1. The van der Waals surface area contributed by atoms with Crippen molar-refractivity contribution in [3.63, 3.8) is 0 Å². The Labute approximate surface area is 145 Å². The van der Waals surface area contributed by atoms with E-state index in [1.54, 1.807) is 24.3 Å². The molecule has 1 fully saturated rings. The van der Waals surface area contributed by atoms with Gasteiger partial charge in [0, 0.05) is 19.5 Å². The third-order valence-electron chi connectivity index (χ3n) is 4.79. The molecule has 0 radical (unpaired) electrons. The summed E-state index contributed by atoms with van der Waals surface area (Å²) in [6, 6.07) is 6.93. The largest absolute Gasteiger partial charge is 0.339 e. The van der Waals surface area contributed by atoms with Crippen LogP contribution in [0.15, 0.2) is 28.8 Å². The summed E-state index contributed by atoms with van der Waals surface area (Å²) in [6.07, 6.45) is 3.37. The van der Waals surface area contributed by atoms with Crippen LogP contribution in [0.3, 0.4) is 0 Å². The number of carbonyl (C=O) groups is 2. The molecule has 2 amide bonds. The summed E-state index contributed by atoms with van der Waals surface area (Å²) in [6.45, 7) is 2.27. The second-order valence-electron chi connectivity index (χ2n) is 6.50. The summed E-state index contributed by atoms with van der Waals surface area (Å²) in [5.41, 5.74) is 0.971. The van der Waals surface area contributed by atoms with Crippen molar-refractivity contribution in [2.24, 2.45) is 0 Å². The first kappa shape index (κ1) is 16.0. The van der Waals surface area contributed by atoms with Gasteiger partial charge in [-0.15, -0.1) is 0 Å². The fraction of sp³-hybridized carbons (Fsp3) is 0.444. The van der Waals surface area contributed by atoms with Gasteiger partial charge in [-0.1, -0.05) is 17.3 Å². The lowest BCUT2D eigenvalue weighted by Gasteiger charge is -2.18. The van der Waals surface area contributed by atoms with Gasteiger partial charge in [0.05, 0.1) is 17.0 Å². The van der Waals surface area contributed by atoms with Gasteiger partial charge in [-0.3, -0.25) is 14.5 Å². The van der Waals surface area contributed by atoms with Gasteiger partial charge in [-0.2, -0.15) is 4.98 Å². The van der Waals surface area contributed by atoms with E-state index in [2.05, 4.69) is 15.5 Å². The van der Waals surface area contributed by atoms with Crippen LogP contribution >= 0.6 is 0 Å². The molecule has 2 aromatic rings. The third kappa shape index (κ3) is 3.07. The number of rotatable bonds is 5. The molecule has 2 aliphatic rings. The summed E-state index contributed by atoms with van der Waals surface area (Å²) in [7, 11) is 0. The zero-order valence-electron chi connectivity index (χ0n) is 13.9. The van der Waals surface area contributed by atoms with Gasteiger partial charge < -0.3 is 9.84 Å². The molecule has 7 nitrogen and oxygen atoms in total. The van der Waals surface area contributed by atoms with E-state index in [0.29, 0.717) is 42.2 Å². The normalized spacial score (nSPS) is 20.2. The molecule has 3 heterocycles. The minimum Gasteiger partial charge on any atom is -0.339 e.